The predicted molar refractivity (Wildman–Crippen MR) is 95.4 cm³/mol. The van der Waals surface area contributed by atoms with Gasteiger partial charge in [-0.25, -0.2) is 0 Å². The molecule has 2 amide bonds. The van der Waals surface area contributed by atoms with Crippen LogP contribution < -0.4 is 10.6 Å². The number of hydrogen-bond donors (Lipinski definition) is 3. The molecule has 1 aromatic carbocycles. The van der Waals surface area contributed by atoms with E-state index in [0.717, 1.165) is 4.68 Å². The van der Waals surface area contributed by atoms with Crippen molar-refractivity contribution in [3.8, 4) is 0 Å². The number of aryl methyl sites for hydroxylation is 1. The van der Waals surface area contributed by atoms with Crippen molar-refractivity contribution >= 4 is 29.2 Å². The van der Waals surface area contributed by atoms with Crippen LogP contribution in [0.25, 0.3) is 0 Å². The molecule has 138 valence electrons. The van der Waals surface area contributed by atoms with E-state index in [4.69, 9.17) is 5.11 Å². The lowest BCUT2D eigenvalue weighted by Crippen LogP contribution is -2.16. The average Bonchev–Trinajstić information content (AvgIpc) is 3.24. The van der Waals surface area contributed by atoms with Crippen LogP contribution in [0.2, 0.25) is 0 Å². The topological polar surface area (TPSA) is 131 Å². The number of nitrogens with zero attached hydrogens (tertiary/aromatic N) is 4. The van der Waals surface area contributed by atoms with Crippen LogP contribution in [0.15, 0.2) is 48.8 Å². The third-order valence-corrected chi connectivity index (χ3v) is 3.50. The lowest BCUT2D eigenvalue weighted by atomic mass is 10.2. The first kappa shape index (κ1) is 17.9. The van der Waals surface area contributed by atoms with Crippen molar-refractivity contribution < 1.29 is 19.5 Å². The zero-order valence-corrected chi connectivity index (χ0v) is 14.3. The van der Waals surface area contributed by atoms with Gasteiger partial charge in [0, 0.05) is 30.8 Å². The molecule has 2 heterocycles. The Kier molecular flexibility index (Phi) is 4.97. The number of carboxylic acids is 1. The van der Waals surface area contributed by atoms with Crippen LogP contribution >= 0.6 is 0 Å². The number of carboxylic acid groups (broad SMARTS) is 1. The Labute approximate surface area is 153 Å². The van der Waals surface area contributed by atoms with Gasteiger partial charge in [-0.05, 0) is 30.3 Å². The molecule has 0 saturated carbocycles. The molecule has 0 bridgehead atoms. The quantitative estimate of drug-likeness (QED) is 0.599. The predicted octanol–water partition coefficient (Wildman–Crippen LogP) is 1.21. The van der Waals surface area contributed by atoms with Crippen LogP contribution in [0.1, 0.15) is 21.0 Å². The van der Waals surface area contributed by atoms with Gasteiger partial charge in [0.25, 0.3) is 11.8 Å². The van der Waals surface area contributed by atoms with Crippen LogP contribution in [0, 0.1) is 0 Å². The first-order chi connectivity index (χ1) is 12.9. The maximum Gasteiger partial charge on any atom is 0.325 e. The van der Waals surface area contributed by atoms with Crippen LogP contribution in [0.4, 0.5) is 11.4 Å². The molecule has 0 radical (unpaired) electrons. The number of amides is 2. The highest BCUT2D eigenvalue weighted by Crippen LogP contribution is 2.16. The Balaban J connectivity index is 1.66. The highest BCUT2D eigenvalue weighted by molar-refractivity contribution is 6.05. The van der Waals surface area contributed by atoms with Crippen molar-refractivity contribution in [3.63, 3.8) is 0 Å². The summed E-state index contributed by atoms with van der Waals surface area (Å²) in [5.41, 5.74) is 1.29. The highest BCUT2D eigenvalue weighted by Gasteiger charge is 2.13. The Hall–Kier alpha value is -3.95. The minimum atomic E-state index is -1.05. The Morgan fingerprint density at radius 2 is 1.56 bits per heavy atom. The van der Waals surface area contributed by atoms with Crippen LogP contribution in [-0.4, -0.2) is 42.5 Å². The summed E-state index contributed by atoms with van der Waals surface area (Å²) in [5, 5.41) is 22.0. The molecule has 0 unspecified atom stereocenters. The molecule has 3 aromatic rings. The maximum absolute atomic E-state index is 12.2. The monoisotopic (exact) mass is 368 g/mol. The molecule has 0 saturated heterocycles. The van der Waals surface area contributed by atoms with Gasteiger partial charge in [0.2, 0.25) is 0 Å². The number of rotatable bonds is 6. The van der Waals surface area contributed by atoms with Gasteiger partial charge in [-0.1, -0.05) is 6.07 Å². The van der Waals surface area contributed by atoms with Crippen LogP contribution in [0.3, 0.4) is 0 Å². The number of carbonyl (C=O) groups is 3. The first-order valence-electron chi connectivity index (χ1n) is 7.88. The van der Waals surface area contributed by atoms with Gasteiger partial charge < -0.3 is 15.7 Å². The molecule has 0 aliphatic rings. The van der Waals surface area contributed by atoms with Crippen LogP contribution in [-0.2, 0) is 18.4 Å². The molecule has 0 spiro atoms. The Morgan fingerprint density at radius 1 is 0.963 bits per heavy atom. The normalized spacial score (nSPS) is 10.4. The van der Waals surface area contributed by atoms with E-state index >= 15 is 0 Å². The van der Waals surface area contributed by atoms with Gasteiger partial charge in [-0.15, -0.1) is 0 Å². The van der Waals surface area contributed by atoms with Crippen molar-refractivity contribution in [3.05, 3.63) is 60.2 Å². The van der Waals surface area contributed by atoms with Gasteiger partial charge in [0.1, 0.15) is 6.54 Å². The molecule has 3 rings (SSSR count). The summed E-state index contributed by atoms with van der Waals surface area (Å²) < 4.78 is 2.68. The van der Waals surface area contributed by atoms with Crippen LogP contribution in [0.5, 0.6) is 0 Å². The number of carbonyl (C=O) groups excluding carboxylic acids is 2. The fraction of sp³-hybridized carbons (Fsp3) is 0.118. The van der Waals surface area contributed by atoms with Crippen molar-refractivity contribution in [2.24, 2.45) is 7.05 Å². The Morgan fingerprint density at radius 3 is 2.11 bits per heavy atom. The maximum atomic E-state index is 12.2. The lowest BCUT2D eigenvalue weighted by molar-refractivity contribution is -0.137. The molecule has 0 fully saturated rings. The summed E-state index contributed by atoms with van der Waals surface area (Å²) in [6, 6.07) is 9.61. The summed E-state index contributed by atoms with van der Waals surface area (Å²) in [7, 11) is 1.71. The molecular formula is C17H16N6O4. The number of benzene rings is 1. The van der Waals surface area contributed by atoms with E-state index in [9.17, 15) is 14.4 Å². The van der Waals surface area contributed by atoms with Gasteiger partial charge in [-0.3, -0.25) is 23.7 Å². The molecule has 10 heteroatoms. The third kappa shape index (κ3) is 4.57. The van der Waals surface area contributed by atoms with Crippen molar-refractivity contribution in [1.29, 1.82) is 0 Å². The van der Waals surface area contributed by atoms with E-state index in [1.807, 2.05) is 0 Å². The minimum absolute atomic E-state index is 0.0826. The second kappa shape index (κ2) is 7.52. The summed E-state index contributed by atoms with van der Waals surface area (Å²) in [4.78, 5) is 35.0. The van der Waals surface area contributed by atoms with Crippen molar-refractivity contribution in [1.82, 2.24) is 19.6 Å². The number of aromatic nitrogens is 4. The molecule has 2 aromatic heterocycles. The zero-order valence-electron chi connectivity index (χ0n) is 14.3. The van der Waals surface area contributed by atoms with Gasteiger partial charge >= 0.3 is 5.97 Å². The molecular weight excluding hydrogens is 352 g/mol. The van der Waals surface area contributed by atoms with Gasteiger partial charge in [0.05, 0.1) is 0 Å². The molecule has 10 nitrogen and oxygen atoms in total. The van der Waals surface area contributed by atoms with E-state index in [2.05, 4.69) is 20.8 Å². The number of nitrogens with one attached hydrogen (secondary N) is 2. The minimum Gasteiger partial charge on any atom is -0.480 e. The fourth-order valence-electron chi connectivity index (χ4n) is 2.31. The number of hydrogen-bond acceptors (Lipinski definition) is 5. The highest BCUT2D eigenvalue weighted by atomic mass is 16.4. The Bertz CT molecular complexity index is 1010. The standard InChI is InChI=1S/C17H16N6O4/c1-22-7-5-13(20-22)16(26)18-11-3-2-4-12(9-11)19-17(27)14-6-8-23(21-14)10-15(24)25/h2-9H,10H2,1H3,(H,18,26)(H,19,27)(H,24,25). The average molecular weight is 368 g/mol. The SMILES string of the molecule is Cn1ccc(C(=O)Nc2cccc(NC(=O)c3ccn(CC(=O)O)n3)c2)n1. The smallest absolute Gasteiger partial charge is 0.325 e. The first-order valence-corrected chi connectivity index (χ1v) is 7.88. The van der Waals surface area contributed by atoms with E-state index in [0.29, 0.717) is 11.4 Å². The second-order valence-electron chi connectivity index (χ2n) is 5.66. The van der Waals surface area contributed by atoms with Crippen molar-refractivity contribution in [2.75, 3.05) is 10.6 Å². The molecule has 3 N–H and O–H groups in total. The largest absolute Gasteiger partial charge is 0.480 e. The van der Waals surface area contributed by atoms with E-state index in [1.165, 1.54) is 16.9 Å². The molecule has 0 aliphatic carbocycles. The zero-order chi connectivity index (χ0) is 19.4. The number of anilines is 2. The van der Waals surface area contributed by atoms with Gasteiger partial charge in [-0.2, -0.15) is 10.2 Å². The summed E-state index contributed by atoms with van der Waals surface area (Å²) in [5.74, 6) is -1.92. The second-order valence-corrected chi connectivity index (χ2v) is 5.66. The summed E-state index contributed by atoms with van der Waals surface area (Å²) in [6.07, 6.45) is 3.07. The number of aliphatic carboxylic acids is 1. The van der Waals surface area contributed by atoms with E-state index in [-0.39, 0.29) is 23.8 Å². The van der Waals surface area contributed by atoms with E-state index in [1.54, 1.807) is 43.6 Å². The van der Waals surface area contributed by atoms with E-state index < -0.39 is 11.9 Å². The molecule has 27 heavy (non-hydrogen) atoms. The summed E-state index contributed by atoms with van der Waals surface area (Å²) >= 11 is 0. The third-order valence-electron chi connectivity index (χ3n) is 3.50. The lowest BCUT2D eigenvalue weighted by Gasteiger charge is -2.07. The van der Waals surface area contributed by atoms with Crippen molar-refractivity contribution in [2.45, 2.75) is 6.54 Å². The molecule has 0 aliphatic heterocycles. The van der Waals surface area contributed by atoms with Gasteiger partial charge in [0.15, 0.2) is 11.4 Å². The summed E-state index contributed by atoms with van der Waals surface area (Å²) in [6.45, 7) is -0.331. The fourth-order valence-corrected chi connectivity index (χ4v) is 2.31. The molecule has 0 atom stereocenters.